The third-order valence-corrected chi connectivity index (χ3v) is 6.95. The van der Waals surface area contributed by atoms with Crippen LogP contribution >= 0.6 is 11.3 Å². The Bertz CT molecular complexity index is 1310. The van der Waals surface area contributed by atoms with Crippen LogP contribution in [-0.4, -0.2) is 15.6 Å². The summed E-state index contributed by atoms with van der Waals surface area (Å²) in [7, 11) is 0. The number of aryl methyl sites for hydroxylation is 1. The maximum Gasteiger partial charge on any atom is 0.416 e. The molecule has 4 aromatic rings. The molecule has 1 unspecified atom stereocenters. The lowest BCUT2D eigenvalue weighted by molar-refractivity contribution is -0.137. The fourth-order valence-corrected chi connectivity index (χ4v) is 5.45. The summed E-state index contributed by atoms with van der Waals surface area (Å²) in [5, 5.41) is 4.10. The van der Waals surface area contributed by atoms with Crippen molar-refractivity contribution in [2.24, 2.45) is 0 Å². The quantitative estimate of drug-likeness (QED) is 0.467. The van der Waals surface area contributed by atoms with Crippen molar-refractivity contribution in [1.29, 1.82) is 0 Å². The van der Waals surface area contributed by atoms with Crippen molar-refractivity contribution >= 4 is 21.6 Å². The maximum absolute atomic E-state index is 13.2. The summed E-state index contributed by atoms with van der Waals surface area (Å²) < 4.78 is 45.8. The highest BCUT2D eigenvalue weighted by Crippen LogP contribution is 2.34. The van der Waals surface area contributed by atoms with Gasteiger partial charge in [-0.25, -0.2) is 4.98 Å². The largest absolute Gasteiger partial charge is 0.468 e. The number of benzene rings is 1. The standard InChI is InChI=1S/C23H20F3N3O2S/c24-23(25,26)15-4-1-3-14(9-15)12-29-13-28-21-20(22(29)30)18-7-6-16(10-19(18)32-21)27-11-17-5-2-8-31-17/h1-5,8-9,13,16,27H,6-7,10-12H2. The molecule has 32 heavy (non-hydrogen) atoms. The molecule has 3 aromatic heterocycles. The van der Waals surface area contributed by atoms with Gasteiger partial charge >= 0.3 is 6.18 Å². The average molecular weight is 459 g/mol. The molecule has 1 atom stereocenters. The molecule has 0 spiro atoms. The summed E-state index contributed by atoms with van der Waals surface area (Å²) in [5.74, 6) is 0.881. The molecule has 5 nitrogen and oxygen atoms in total. The fourth-order valence-electron chi connectivity index (χ4n) is 4.19. The molecular formula is C23H20F3N3O2S. The van der Waals surface area contributed by atoms with Gasteiger partial charge in [0.15, 0.2) is 0 Å². The predicted octanol–water partition coefficient (Wildman–Crippen LogP) is 4.77. The topological polar surface area (TPSA) is 60.1 Å². The van der Waals surface area contributed by atoms with Crippen LogP contribution < -0.4 is 10.9 Å². The lowest BCUT2D eigenvalue weighted by atomic mass is 9.93. The number of fused-ring (bicyclic) bond motifs is 3. The third kappa shape index (κ3) is 4.10. The van der Waals surface area contributed by atoms with Crippen molar-refractivity contribution in [3.63, 3.8) is 0 Å². The van der Waals surface area contributed by atoms with E-state index in [2.05, 4.69) is 10.3 Å². The SMILES string of the molecule is O=c1c2c3c(sc2ncn1Cc1cccc(C(F)(F)F)c1)CC(NCc1ccco1)CC3. The van der Waals surface area contributed by atoms with Crippen LogP contribution in [0.5, 0.6) is 0 Å². The van der Waals surface area contributed by atoms with Gasteiger partial charge in [-0.2, -0.15) is 13.2 Å². The number of alkyl halides is 3. The van der Waals surface area contributed by atoms with E-state index in [4.69, 9.17) is 4.42 Å². The van der Waals surface area contributed by atoms with Crippen molar-refractivity contribution in [3.05, 3.63) is 86.7 Å². The number of halogens is 3. The first-order valence-corrected chi connectivity index (χ1v) is 11.1. The van der Waals surface area contributed by atoms with Crippen LogP contribution in [0.4, 0.5) is 13.2 Å². The van der Waals surface area contributed by atoms with Gasteiger partial charge in [0.25, 0.3) is 5.56 Å². The Hall–Kier alpha value is -2.91. The first kappa shape index (κ1) is 21.0. The number of furan rings is 1. The van der Waals surface area contributed by atoms with Crippen LogP contribution in [0.15, 0.2) is 58.2 Å². The number of nitrogens with one attached hydrogen (secondary N) is 1. The molecule has 0 saturated heterocycles. The fraction of sp³-hybridized carbons (Fsp3) is 0.304. The number of nitrogens with zero attached hydrogens (tertiary/aromatic N) is 2. The minimum Gasteiger partial charge on any atom is -0.468 e. The number of rotatable bonds is 5. The summed E-state index contributed by atoms with van der Waals surface area (Å²) in [6, 6.07) is 9.12. The minimum absolute atomic E-state index is 0.0453. The Labute approximate surface area is 185 Å². The molecule has 0 fully saturated rings. The van der Waals surface area contributed by atoms with E-state index < -0.39 is 11.7 Å². The van der Waals surface area contributed by atoms with Crippen LogP contribution in [0.25, 0.3) is 10.2 Å². The van der Waals surface area contributed by atoms with E-state index >= 15 is 0 Å². The molecule has 1 aromatic carbocycles. The molecule has 0 saturated carbocycles. The Kier molecular flexibility index (Phi) is 5.38. The van der Waals surface area contributed by atoms with Crippen LogP contribution in [0.3, 0.4) is 0 Å². The molecule has 0 radical (unpaired) electrons. The Morgan fingerprint density at radius 1 is 1.25 bits per heavy atom. The molecule has 0 bridgehead atoms. The van der Waals surface area contributed by atoms with Gasteiger partial charge in [-0.1, -0.05) is 12.1 Å². The van der Waals surface area contributed by atoms with Crippen molar-refractivity contribution < 1.29 is 17.6 Å². The van der Waals surface area contributed by atoms with Crippen LogP contribution in [0.2, 0.25) is 0 Å². The molecule has 1 aliphatic carbocycles. The summed E-state index contributed by atoms with van der Waals surface area (Å²) in [4.78, 5) is 19.5. The summed E-state index contributed by atoms with van der Waals surface area (Å²) in [6.45, 7) is 0.698. The van der Waals surface area contributed by atoms with E-state index in [0.717, 1.165) is 47.6 Å². The summed E-state index contributed by atoms with van der Waals surface area (Å²) in [5.41, 5.74) is 0.510. The molecule has 3 heterocycles. The van der Waals surface area contributed by atoms with Crippen molar-refractivity contribution in [2.45, 2.75) is 44.6 Å². The first-order valence-electron chi connectivity index (χ1n) is 10.3. The van der Waals surface area contributed by atoms with Gasteiger partial charge < -0.3 is 9.73 Å². The van der Waals surface area contributed by atoms with Crippen molar-refractivity contribution in [3.8, 4) is 0 Å². The molecule has 0 aliphatic heterocycles. The zero-order chi connectivity index (χ0) is 22.3. The zero-order valence-electron chi connectivity index (χ0n) is 17.0. The second kappa shape index (κ2) is 8.22. The van der Waals surface area contributed by atoms with Gasteiger partial charge in [0.2, 0.25) is 0 Å². The van der Waals surface area contributed by atoms with E-state index in [1.807, 2.05) is 12.1 Å². The molecule has 9 heteroatoms. The minimum atomic E-state index is -4.42. The first-order chi connectivity index (χ1) is 15.4. The highest BCUT2D eigenvalue weighted by Gasteiger charge is 2.30. The molecule has 5 rings (SSSR count). The predicted molar refractivity (Wildman–Crippen MR) is 116 cm³/mol. The number of hydrogen-bond acceptors (Lipinski definition) is 5. The maximum atomic E-state index is 13.2. The second-order valence-corrected chi connectivity index (χ2v) is 9.04. The van der Waals surface area contributed by atoms with Crippen LogP contribution in [-0.2, 0) is 32.1 Å². The molecular weight excluding hydrogens is 439 g/mol. The number of hydrogen-bond donors (Lipinski definition) is 1. The van der Waals surface area contributed by atoms with Crippen molar-refractivity contribution in [1.82, 2.24) is 14.9 Å². The van der Waals surface area contributed by atoms with E-state index in [9.17, 15) is 18.0 Å². The van der Waals surface area contributed by atoms with Crippen molar-refractivity contribution in [2.75, 3.05) is 0 Å². The Morgan fingerprint density at radius 2 is 2.12 bits per heavy atom. The molecule has 0 amide bonds. The van der Waals surface area contributed by atoms with Gasteiger partial charge in [0, 0.05) is 10.9 Å². The van der Waals surface area contributed by atoms with E-state index in [0.29, 0.717) is 22.3 Å². The Morgan fingerprint density at radius 3 is 2.91 bits per heavy atom. The van der Waals surface area contributed by atoms with E-state index in [1.54, 1.807) is 12.3 Å². The molecule has 166 valence electrons. The average Bonchev–Trinajstić information content (AvgIpc) is 3.41. The smallest absolute Gasteiger partial charge is 0.416 e. The van der Waals surface area contributed by atoms with Crippen LogP contribution in [0.1, 0.15) is 33.7 Å². The Balaban J connectivity index is 1.39. The monoisotopic (exact) mass is 459 g/mol. The van der Waals surface area contributed by atoms with Gasteiger partial charge in [-0.05, 0) is 54.7 Å². The normalized spacial score (nSPS) is 16.4. The van der Waals surface area contributed by atoms with Gasteiger partial charge in [-0.3, -0.25) is 9.36 Å². The number of thiophene rings is 1. The summed E-state index contributed by atoms with van der Waals surface area (Å²) >= 11 is 1.53. The summed E-state index contributed by atoms with van der Waals surface area (Å²) in [6.07, 6.45) is 1.12. The highest BCUT2D eigenvalue weighted by molar-refractivity contribution is 7.18. The lowest BCUT2D eigenvalue weighted by Gasteiger charge is -2.23. The number of aromatic nitrogens is 2. The van der Waals surface area contributed by atoms with E-state index in [-0.39, 0.29) is 18.1 Å². The van der Waals surface area contributed by atoms with Gasteiger partial charge in [0.05, 0.1) is 36.6 Å². The lowest BCUT2D eigenvalue weighted by Crippen LogP contribution is -2.33. The van der Waals surface area contributed by atoms with E-state index in [1.165, 1.54) is 28.3 Å². The molecule has 1 N–H and O–H groups in total. The third-order valence-electron chi connectivity index (χ3n) is 5.79. The van der Waals surface area contributed by atoms with Crippen LogP contribution in [0, 0.1) is 0 Å². The second-order valence-electron chi connectivity index (χ2n) is 7.96. The highest BCUT2D eigenvalue weighted by atomic mass is 32.1. The zero-order valence-corrected chi connectivity index (χ0v) is 17.8. The van der Waals surface area contributed by atoms with Gasteiger partial charge in [-0.15, -0.1) is 11.3 Å². The van der Waals surface area contributed by atoms with Gasteiger partial charge in [0.1, 0.15) is 10.6 Å². The molecule has 1 aliphatic rings.